The van der Waals surface area contributed by atoms with Crippen LogP contribution in [0.25, 0.3) is 0 Å². The van der Waals surface area contributed by atoms with Crippen LogP contribution in [0.15, 0.2) is 29.3 Å². The van der Waals surface area contributed by atoms with Crippen molar-refractivity contribution >= 4 is 35.8 Å². The van der Waals surface area contributed by atoms with Gasteiger partial charge in [-0.3, -0.25) is 9.79 Å². The number of carbonyl (C=O) groups is 1. The first kappa shape index (κ1) is 26.6. The minimum Gasteiger partial charge on any atom is -0.381 e. The fraction of sp³-hybridized carbons (Fsp3) is 0.619. The predicted molar refractivity (Wildman–Crippen MR) is 127 cm³/mol. The Hall–Kier alpha value is -1.46. The van der Waals surface area contributed by atoms with Crippen LogP contribution in [0.1, 0.15) is 25.3 Å². The Balaban J connectivity index is 0.00000450. The van der Waals surface area contributed by atoms with E-state index < -0.39 is 0 Å². The number of carbonyl (C=O) groups excluding carboxylic acids is 1. The molecule has 0 saturated carbocycles. The number of hydrogen-bond donors (Lipinski definition) is 3. The van der Waals surface area contributed by atoms with Crippen molar-refractivity contribution in [3.8, 4) is 0 Å². The summed E-state index contributed by atoms with van der Waals surface area (Å²) in [5, 5.41) is 9.19. The van der Waals surface area contributed by atoms with Gasteiger partial charge in [-0.05, 0) is 37.5 Å². The van der Waals surface area contributed by atoms with Gasteiger partial charge in [0.2, 0.25) is 5.91 Å². The van der Waals surface area contributed by atoms with E-state index in [9.17, 15) is 9.18 Å². The molecule has 170 valence electrons. The summed E-state index contributed by atoms with van der Waals surface area (Å²) in [6, 6.07) is 6.08. The Bertz CT molecular complexity index is 642. The number of rotatable bonds is 12. The molecule has 0 bridgehead atoms. The third kappa shape index (κ3) is 11.7. The standard InChI is InChI=1S/C21H33FN4O3.HI/c1-2-23-21(25-8-4-11-28-15-18-7-12-29-16-18)26-10-9-24-20(27)14-17-5-3-6-19(22)13-17;/h3,5-6,13,18H,2,4,7-12,14-16H2,1H3,(H,24,27)(H2,23,25,26);1H. The summed E-state index contributed by atoms with van der Waals surface area (Å²) in [7, 11) is 0. The number of halogens is 2. The third-order valence-corrected chi connectivity index (χ3v) is 4.43. The molecule has 9 heteroatoms. The Labute approximate surface area is 195 Å². The monoisotopic (exact) mass is 536 g/mol. The second-order valence-corrected chi connectivity index (χ2v) is 7.00. The minimum absolute atomic E-state index is 0. The number of hydrogen-bond acceptors (Lipinski definition) is 4. The first-order chi connectivity index (χ1) is 14.2. The quantitative estimate of drug-likeness (QED) is 0.165. The molecule has 1 aromatic rings. The summed E-state index contributed by atoms with van der Waals surface area (Å²) in [4.78, 5) is 16.4. The van der Waals surface area contributed by atoms with Crippen molar-refractivity contribution in [3.05, 3.63) is 35.6 Å². The van der Waals surface area contributed by atoms with Gasteiger partial charge in [0.25, 0.3) is 0 Å². The lowest BCUT2D eigenvalue weighted by Gasteiger charge is -2.12. The zero-order valence-electron chi connectivity index (χ0n) is 17.6. The average molecular weight is 536 g/mol. The summed E-state index contributed by atoms with van der Waals surface area (Å²) >= 11 is 0. The van der Waals surface area contributed by atoms with E-state index in [2.05, 4.69) is 20.9 Å². The van der Waals surface area contributed by atoms with Gasteiger partial charge in [-0.25, -0.2) is 4.39 Å². The van der Waals surface area contributed by atoms with Gasteiger partial charge in [-0.15, -0.1) is 24.0 Å². The smallest absolute Gasteiger partial charge is 0.224 e. The van der Waals surface area contributed by atoms with E-state index >= 15 is 0 Å². The number of nitrogens with zero attached hydrogens (tertiary/aromatic N) is 1. The molecular formula is C21H34FIN4O3. The third-order valence-electron chi connectivity index (χ3n) is 4.43. The molecule has 1 atom stereocenters. The largest absolute Gasteiger partial charge is 0.381 e. The molecule has 7 nitrogen and oxygen atoms in total. The number of amides is 1. The molecule has 1 aliphatic heterocycles. The number of guanidine groups is 1. The Morgan fingerprint density at radius 3 is 2.87 bits per heavy atom. The SMILES string of the molecule is CCNC(=NCCCOCC1CCOC1)NCCNC(=O)Cc1cccc(F)c1.I. The molecule has 2 rings (SSSR count). The number of ether oxygens (including phenoxy) is 2. The van der Waals surface area contributed by atoms with Gasteiger partial charge in [-0.2, -0.15) is 0 Å². The van der Waals surface area contributed by atoms with Crippen molar-refractivity contribution in [3.63, 3.8) is 0 Å². The van der Waals surface area contributed by atoms with Crippen LogP contribution in [0, 0.1) is 11.7 Å². The zero-order chi connectivity index (χ0) is 20.7. The molecule has 3 N–H and O–H groups in total. The molecule has 0 radical (unpaired) electrons. The van der Waals surface area contributed by atoms with Crippen molar-refractivity contribution < 1.29 is 18.7 Å². The zero-order valence-corrected chi connectivity index (χ0v) is 20.0. The lowest BCUT2D eigenvalue weighted by molar-refractivity contribution is -0.120. The van der Waals surface area contributed by atoms with E-state index in [1.807, 2.05) is 6.92 Å². The summed E-state index contributed by atoms with van der Waals surface area (Å²) in [5.41, 5.74) is 0.660. The lowest BCUT2D eigenvalue weighted by atomic mass is 10.1. The van der Waals surface area contributed by atoms with Crippen LogP contribution >= 0.6 is 24.0 Å². The molecule has 30 heavy (non-hydrogen) atoms. The first-order valence-electron chi connectivity index (χ1n) is 10.4. The maximum absolute atomic E-state index is 13.2. The molecule has 1 unspecified atom stereocenters. The van der Waals surface area contributed by atoms with Crippen molar-refractivity contribution in [1.29, 1.82) is 0 Å². The molecule has 0 spiro atoms. The molecule has 1 heterocycles. The molecule has 1 aliphatic rings. The highest BCUT2D eigenvalue weighted by atomic mass is 127. The average Bonchev–Trinajstić information content (AvgIpc) is 3.21. The summed E-state index contributed by atoms with van der Waals surface area (Å²) < 4.78 is 24.2. The van der Waals surface area contributed by atoms with Gasteiger partial charge in [0.05, 0.1) is 19.6 Å². The topological polar surface area (TPSA) is 84.0 Å². The summed E-state index contributed by atoms with van der Waals surface area (Å²) in [5.74, 6) is 0.787. The highest BCUT2D eigenvalue weighted by Crippen LogP contribution is 2.12. The van der Waals surface area contributed by atoms with Gasteiger partial charge in [0.1, 0.15) is 5.82 Å². The van der Waals surface area contributed by atoms with Crippen molar-refractivity contribution in [2.75, 3.05) is 52.6 Å². The molecule has 0 aromatic heterocycles. The van der Waals surface area contributed by atoms with Crippen LogP contribution in [0.3, 0.4) is 0 Å². The molecule has 1 saturated heterocycles. The van der Waals surface area contributed by atoms with Gasteiger partial charge in [-0.1, -0.05) is 12.1 Å². The predicted octanol–water partition coefficient (Wildman–Crippen LogP) is 2.10. The molecule has 1 amide bonds. The van der Waals surface area contributed by atoms with Gasteiger partial charge >= 0.3 is 0 Å². The summed E-state index contributed by atoms with van der Waals surface area (Å²) in [6.07, 6.45) is 2.11. The Morgan fingerprint density at radius 2 is 2.13 bits per heavy atom. The van der Waals surface area contributed by atoms with E-state index in [4.69, 9.17) is 9.47 Å². The lowest BCUT2D eigenvalue weighted by Crippen LogP contribution is -2.41. The molecule has 0 aliphatic carbocycles. The number of benzene rings is 1. The fourth-order valence-corrected chi connectivity index (χ4v) is 2.94. The van der Waals surface area contributed by atoms with E-state index in [1.165, 1.54) is 12.1 Å². The Morgan fingerprint density at radius 1 is 1.30 bits per heavy atom. The maximum atomic E-state index is 13.2. The number of aliphatic imine (C=N–C) groups is 1. The van der Waals surface area contributed by atoms with E-state index in [-0.39, 0.29) is 42.1 Å². The summed E-state index contributed by atoms with van der Waals surface area (Å²) in [6.45, 7) is 7.56. The number of nitrogens with one attached hydrogen (secondary N) is 3. The van der Waals surface area contributed by atoms with Crippen LogP contribution in [0.2, 0.25) is 0 Å². The van der Waals surface area contributed by atoms with Crippen molar-refractivity contribution in [2.24, 2.45) is 10.9 Å². The van der Waals surface area contributed by atoms with Gasteiger partial charge < -0.3 is 25.4 Å². The van der Waals surface area contributed by atoms with Gasteiger partial charge in [0, 0.05) is 45.3 Å². The van der Waals surface area contributed by atoms with Crippen LogP contribution in [0.5, 0.6) is 0 Å². The normalized spacial score (nSPS) is 16.1. The van der Waals surface area contributed by atoms with E-state index in [0.717, 1.165) is 45.2 Å². The Kier molecular flexibility index (Phi) is 14.4. The minimum atomic E-state index is -0.332. The van der Waals surface area contributed by atoms with E-state index in [1.54, 1.807) is 12.1 Å². The second-order valence-electron chi connectivity index (χ2n) is 7.00. The van der Waals surface area contributed by atoms with Crippen molar-refractivity contribution in [1.82, 2.24) is 16.0 Å². The molecular weight excluding hydrogens is 502 g/mol. The van der Waals surface area contributed by atoms with E-state index in [0.29, 0.717) is 37.7 Å². The van der Waals surface area contributed by atoms with Crippen LogP contribution in [-0.4, -0.2) is 64.5 Å². The maximum Gasteiger partial charge on any atom is 0.224 e. The molecule has 1 fully saturated rings. The van der Waals surface area contributed by atoms with Crippen LogP contribution in [-0.2, 0) is 20.7 Å². The fourth-order valence-electron chi connectivity index (χ4n) is 2.94. The van der Waals surface area contributed by atoms with Gasteiger partial charge in [0.15, 0.2) is 5.96 Å². The molecule has 1 aromatic carbocycles. The second kappa shape index (κ2) is 16.3. The highest BCUT2D eigenvalue weighted by molar-refractivity contribution is 14.0. The van der Waals surface area contributed by atoms with Crippen molar-refractivity contribution in [2.45, 2.75) is 26.2 Å². The highest BCUT2D eigenvalue weighted by Gasteiger charge is 2.15. The van der Waals surface area contributed by atoms with Crippen LogP contribution < -0.4 is 16.0 Å². The first-order valence-corrected chi connectivity index (χ1v) is 10.4. The van der Waals surface area contributed by atoms with Crippen LogP contribution in [0.4, 0.5) is 4.39 Å².